The number of carbonyl (C=O) groups excluding carboxylic acids is 1. The maximum absolute atomic E-state index is 13.4. The number of aromatic nitrogens is 2. The van der Waals surface area contributed by atoms with Crippen LogP contribution in [0, 0.1) is 0 Å². The van der Waals surface area contributed by atoms with E-state index in [2.05, 4.69) is 20.0 Å². The van der Waals surface area contributed by atoms with Crippen molar-refractivity contribution in [3.8, 4) is 0 Å². The van der Waals surface area contributed by atoms with Crippen LogP contribution in [-0.2, 0) is 17.3 Å². The summed E-state index contributed by atoms with van der Waals surface area (Å²) in [6, 6.07) is 0.610. The first-order chi connectivity index (χ1) is 15.0. The Labute approximate surface area is 190 Å². The van der Waals surface area contributed by atoms with Crippen molar-refractivity contribution in [1.82, 2.24) is 19.4 Å². The summed E-state index contributed by atoms with van der Waals surface area (Å²) in [5.41, 5.74) is 0.892. The number of nitrogens with zero attached hydrogens (tertiary/aromatic N) is 4. The van der Waals surface area contributed by atoms with Gasteiger partial charge in [-0.05, 0) is 26.4 Å². The van der Waals surface area contributed by atoms with Crippen LogP contribution < -0.4 is 14.3 Å². The summed E-state index contributed by atoms with van der Waals surface area (Å²) in [5, 5.41) is 6.78. The predicted molar refractivity (Wildman–Crippen MR) is 124 cm³/mol. The number of urea groups is 1. The second-order valence-corrected chi connectivity index (χ2v) is 10.6. The van der Waals surface area contributed by atoms with E-state index in [0.717, 1.165) is 18.7 Å². The molecule has 0 aromatic carbocycles. The van der Waals surface area contributed by atoms with E-state index in [9.17, 15) is 13.2 Å². The largest absolute Gasteiger partial charge is 0.463 e. The lowest BCUT2D eigenvalue weighted by atomic mass is 10.1. The zero-order valence-electron chi connectivity index (χ0n) is 19.6. The minimum atomic E-state index is -4.19. The molecule has 0 spiro atoms. The summed E-state index contributed by atoms with van der Waals surface area (Å²) in [6.07, 6.45) is 4.68. The van der Waals surface area contributed by atoms with Crippen molar-refractivity contribution in [2.45, 2.75) is 58.4 Å². The fourth-order valence-electron chi connectivity index (χ4n) is 3.95. The number of piperidine rings is 1. The lowest BCUT2D eigenvalue weighted by Gasteiger charge is -2.37. The molecule has 178 valence electrons. The summed E-state index contributed by atoms with van der Waals surface area (Å²) in [5.74, 6) is 1.51. The van der Waals surface area contributed by atoms with Crippen molar-refractivity contribution in [2.24, 2.45) is 7.05 Å². The van der Waals surface area contributed by atoms with Crippen LogP contribution in [0.25, 0.3) is 0 Å². The van der Waals surface area contributed by atoms with Gasteiger partial charge in [0.1, 0.15) is 11.5 Å². The number of nitrogens with one attached hydrogen (secondary N) is 2. The maximum Gasteiger partial charge on any atom is 0.334 e. The molecule has 3 heterocycles. The van der Waals surface area contributed by atoms with Gasteiger partial charge in [-0.1, -0.05) is 27.7 Å². The van der Waals surface area contributed by atoms with Gasteiger partial charge in [-0.15, -0.1) is 0 Å². The van der Waals surface area contributed by atoms with Crippen LogP contribution in [0.3, 0.4) is 0 Å². The number of anilines is 2. The number of furan rings is 1. The molecule has 1 atom stereocenters. The molecule has 2 aromatic heterocycles. The van der Waals surface area contributed by atoms with Crippen molar-refractivity contribution in [2.75, 3.05) is 29.8 Å². The van der Waals surface area contributed by atoms with Crippen LogP contribution in [0.1, 0.15) is 63.9 Å². The van der Waals surface area contributed by atoms with Crippen LogP contribution in [-0.4, -0.2) is 55.3 Å². The molecule has 0 bridgehead atoms. The summed E-state index contributed by atoms with van der Waals surface area (Å²) in [6.45, 7) is 9.35. The predicted octanol–water partition coefficient (Wildman–Crippen LogP) is 3.23. The van der Waals surface area contributed by atoms with E-state index in [-0.39, 0.29) is 17.9 Å². The second kappa shape index (κ2) is 9.53. The Balaban J connectivity index is 1.84. The zero-order chi connectivity index (χ0) is 23.6. The minimum absolute atomic E-state index is 0.0269. The Kier molecular flexibility index (Phi) is 7.19. The summed E-state index contributed by atoms with van der Waals surface area (Å²) in [4.78, 5) is 14.9. The molecule has 1 unspecified atom stereocenters. The van der Waals surface area contributed by atoms with Gasteiger partial charge in [-0.3, -0.25) is 4.68 Å². The number of carbonyl (C=O) groups is 1. The number of likely N-dealkylation sites (tertiary alicyclic amines) is 1. The molecule has 10 nitrogen and oxygen atoms in total. The molecule has 2 aromatic rings. The number of amides is 2. The lowest BCUT2D eigenvalue weighted by Crippen LogP contribution is -2.54. The van der Waals surface area contributed by atoms with Gasteiger partial charge in [0.05, 0.1) is 23.6 Å². The van der Waals surface area contributed by atoms with Crippen LogP contribution in [0.2, 0.25) is 0 Å². The molecule has 1 saturated heterocycles. The highest BCUT2D eigenvalue weighted by Gasteiger charge is 2.35. The van der Waals surface area contributed by atoms with Gasteiger partial charge >= 0.3 is 16.2 Å². The molecule has 0 radical (unpaired) electrons. The first-order valence-corrected chi connectivity index (χ1v) is 12.4. The topological polar surface area (TPSA) is 113 Å². The average molecular weight is 467 g/mol. The fourth-order valence-corrected chi connectivity index (χ4v) is 5.27. The van der Waals surface area contributed by atoms with Crippen LogP contribution in [0.5, 0.6) is 0 Å². The Hall–Kier alpha value is -2.53. The van der Waals surface area contributed by atoms with Crippen molar-refractivity contribution in [3.05, 3.63) is 30.0 Å². The van der Waals surface area contributed by atoms with Gasteiger partial charge in [-0.2, -0.15) is 13.5 Å². The van der Waals surface area contributed by atoms with Crippen LogP contribution in [0.15, 0.2) is 22.9 Å². The molecular weight excluding hydrogens is 432 g/mol. The molecule has 1 fully saturated rings. The third kappa shape index (κ3) is 5.44. The van der Waals surface area contributed by atoms with Crippen molar-refractivity contribution < 1.29 is 17.6 Å². The summed E-state index contributed by atoms with van der Waals surface area (Å²) < 4.78 is 37.6. The summed E-state index contributed by atoms with van der Waals surface area (Å²) >= 11 is 0. The maximum atomic E-state index is 13.4. The van der Waals surface area contributed by atoms with E-state index in [4.69, 9.17) is 4.42 Å². The minimum Gasteiger partial charge on any atom is -0.463 e. The monoisotopic (exact) mass is 466 g/mol. The molecule has 1 aliphatic rings. The van der Waals surface area contributed by atoms with E-state index >= 15 is 0 Å². The molecule has 0 aliphatic carbocycles. The smallest absolute Gasteiger partial charge is 0.334 e. The van der Waals surface area contributed by atoms with Gasteiger partial charge < -0.3 is 14.6 Å². The highest BCUT2D eigenvalue weighted by atomic mass is 32.2. The SMILES string of the molecule is CC(C)c1cc(NC(=O)NS(=O)(=O)N(c2cnn(C)c2)C2CCCN(C)C2)c(C(C)C)o1. The Morgan fingerprint density at radius 3 is 2.53 bits per heavy atom. The van der Waals surface area contributed by atoms with E-state index in [0.29, 0.717) is 30.1 Å². The van der Waals surface area contributed by atoms with Crippen molar-refractivity contribution in [1.29, 1.82) is 0 Å². The molecule has 1 aliphatic heterocycles. The fraction of sp³-hybridized carbons (Fsp3) is 0.619. The van der Waals surface area contributed by atoms with Crippen molar-refractivity contribution >= 4 is 27.6 Å². The molecule has 0 saturated carbocycles. The molecule has 11 heteroatoms. The van der Waals surface area contributed by atoms with E-state index in [1.165, 1.54) is 15.2 Å². The number of likely N-dealkylation sites (N-methyl/N-ethyl adjacent to an activating group) is 1. The number of aryl methyl sites for hydroxylation is 1. The van der Waals surface area contributed by atoms with Crippen LogP contribution >= 0.6 is 0 Å². The first-order valence-electron chi connectivity index (χ1n) is 10.9. The Bertz CT molecular complexity index is 1040. The highest BCUT2D eigenvalue weighted by molar-refractivity contribution is 7.91. The van der Waals surface area contributed by atoms with Gasteiger partial charge in [0.25, 0.3) is 0 Å². The molecule has 3 rings (SSSR count). The third-order valence-electron chi connectivity index (χ3n) is 5.48. The molecule has 2 N–H and O–H groups in total. The standard InChI is InChI=1S/C21H34N6O4S/c1-14(2)19-10-18(20(31-19)15(3)4)23-21(28)24-32(29,30)27(17-11-22-26(6)13-17)16-8-7-9-25(5)12-16/h10-11,13-16H,7-9,12H2,1-6H3,(H2,23,24,28). The van der Waals surface area contributed by atoms with Gasteiger partial charge in [0.2, 0.25) is 0 Å². The van der Waals surface area contributed by atoms with Gasteiger partial charge in [0, 0.05) is 37.7 Å². The lowest BCUT2D eigenvalue weighted by molar-refractivity contribution is 0.251. The third-order valence-corrected chi connectivity index (χ3v) is 6.95. The summed E-state index contributed by atoms with van der Waals surface area (Å²) in [7, 11) is -0.507. The molecule has 2 amide bonds. The quantitative estimate of drug-likeness (QED) is 0.648. The van der Waals surface area contributed by atoms with E-state index < -0.39 is 16.2 Å². The first kappa shape index (κ1) is 24.1. The van der Waals surface area contributed by atoms with E-state index in [1.54, 1.807) is 19.3 Å². The van der Waals surface area contributed by atoms with Crippen LogP contribution in [0.4, 0.5) is 16.2 Å². The van der Waals surface area contributed by atoms with Gasteiger partial charge in [0.15, 0.2) is 0 Å². The van der Waals surface area contributed by atoms with Gasteiger partial charge in [-0.25, -0.2) is 13.8 Å². The highest BCUT2D eigenvalue weighted by Crippen LogP contribution is 2.32. The number of rotatable bonds is 7. The average Bonchev–Trinajstić information content (AvgIpc) is 3.27. The zero-order valence-corrected chi connectivity index (χ0v) is 20.4. The number of hydrogen-bond donors (Lipinski definition) is 2. The normalized spacial score (nSPS) is 17.7. The Morgan fingerprint density at radius 1 is 1.25 bits per heavy atom. The second-order valence-electron chi connectivity index (χ2n) is 9.02. The van der Waals surface area contributed by atoms with E-state index in [1.807, 2.05) is 34.7 Å². The molecular formula is C21H34N6O4S. The number of hydrogen-bond acceptors (Lipinski definition) is 6. The Morgan fingerprint density at radius 2 is 1.97 bits per heavy atom. The van der Waals surface area contributed by atoms with Crippen molar-refractivity contribution in [3.63, 3.8) is 0 Å². The molecule has 32 heavy (non-hydrogen) atoms.